The Bertz CT molecular complexity index is 237. The summed E-state index contributed by atoms with van der Waals surface area (Å²) in [4.78, 5) is 2.20. The molecule has 0 aliphatic heterocycles. The highest BCUT2D eigenvalue weighted by molar-refractivity contribution is 7.90. The van der Waals surface area contributed by atoms with Gasteiger partial charge in [0.05, 0.1) is 5.75 Å². The van der Waals surface area contributed by atoms with Gasteiger partial charge >= 0.3 is 0 Å². The second kappa shape index (κ2) is 6.37. The van der Waals surface area contributed by atoms with Crippen LogP contribution in [-0.4, -0.2) is 51.0 Å². The summed E-state index contributed by atoms with van der Waals surface area (Å²) in [7, 11) is -2.82. The lowest BCUT2D eigenvalue weighted by Gasteiger charge is -2.25. The Morgan fingerprint density at radius 1 is 1.29 bits per heavy atom. The molecule has 14 heavy (non-hydrogen) atoms. The summed E-state index contributed by atoms with van der Waals surface area (Å²) >= 11 is 0. The molecule has 0 heterocycles. The summed E-state index contributed by atoms with van der Waals surface area (Å²) in [5.74, 6) is 0.265. The lowest BCUT2D eigenvalue weighted by Crippen LogP contribution is -2.36. The Kier molecular flexibility index (Phi) is 6.31. The predicted octanol–water partition coefficient (Wildman–Crippen LogP) is 0.0902. The average molecular weight is 222 g/mol. The predicted molar refractivity (Wildman–Crippen MR) is 60.1 cm³/mol. The van der Waals surface area contributed by atoms with Crippen LogP contribution in [0.1, 0.15) is 20.3 Å². The molecule has 0 saturated carbocycles. The minimum atomic E-state index is -2.82. The van der Waals surface area contributed by atoms with Crippen LogP contribution in [0.4, 0.5) is 0 Å². The molecule has 0 aromatic heterocycles. The number of hydrogen-bond donors (Lipinski definition) is 1. The van der Waals surface area contributed by atoms with Gasteiger partial charge in [0.1, 0.15) is 9.84 Å². The molecule has 0 aromatic carbocycles. The first-order valence-corrected chi connectivity index (χ1v) is 7.04. The molecule has 0 amide bonds. The third-order valence-corrected chi connectivity index (χ3v) is 3.14. The van der Waals surface area contributed by atoms with Crippen LogP contribution in [0.15, 0.2) is 0 Å². The van der Waals surface area contributed by atoms with E-state index in [0.717, 1.165) is 13.1 Å². The molecule has 0 saturated heterocycles. The van der Waals surface area contributed by atoms with E-state index in [2.05, 4.69) is 18.7 Å². The minimum absolute atomic E-state index is 0.265. The van der Waals surface area contributed by atoms with Gasteiger partial charge in [-0.1, -0.05) is 0 Å². The highest BCUT2D eigenvalue weighted by Crippen LogP contribution is 2.00. The van der Waals surface area contributed by atoms with Gasteiger partial charge < -0.3 is 5.73 Å². The Hall–Kier alpha value is -0.130. The Morgan fingerprint density at radius 3 is 2.21 bits per heavy atom. The summed E-state index contributed by atoms with van der Waals surface area (Å²) in [5, 5.41) is 0. The van der Waals surface area contributed by atoms with Gasteiger partial charge in [-0.15, -0.1) is 0 Å². The van der Waals surface area contributed by atoms with Gasteiger partial charge in [0, 0.05) is 25.4 Å². The van der Waals surface area contributed by atoms with Crippen LogP contribution in [-0.2, 0) is 9.84 Å². The smallest absolute Gasteiger partial charge is 0.147 e. The van der Waals surface area contributed by atoms with Gasteiger partial charge in [0.2, 0.25) is 0 Å². The monoisotopic (exact) mass is 222 g/mol. The number of nitrogens with zero attached hydrogens (tertiary/aromatic N) is 1. The molecule has 0 aliphatic carbocycles. The standard InChI is InChI=1S/C9H22N2O2S/c1-9(2)11(7-5-10)6-4-8-14(3,12)13/h9H,4-8,10H2,1-3H3. The zero-order valence-corrected chi connectivity index (χ0v) is 10.2. The van der Waals surface area contributed by atoms with Gasteiger partial charge in [0.25, 0.3) is 0 Å². The minimum Gasteiger partial charge on any atom is -0.329 e. The van der Waals surface area contributed by atoms with Crippen LogP contribution in [0.3, 0.4) is 0 Å². The molecule has 0 fully saturated rings. The van der Waals surface area contributed by atoms with E-state index >= 15 is 0 Å². The van der Waals surface area contributed by atoms with E-state index in [4.69, 9.17) is 5.73 Å². The van der Waals surface area contributed by atoms with E-state index in [0.29, 0.717) is 19.0 Å². The fraction of sp³-hybridized carbons (Fsp3) is 1.00. The van der Waals surface area contributed by atoms with E-state index in [9.17, 15) is 8.42 Å². The molecule has 0 bridgehead atoms. The van der Waals surface area contributed by atoms with Crippen LogP contribution in [0, 0.1) is 0 Å². The summed E-state index contributed by atoms with van der Waals surface area (Å²) in [6.07, 6.45) is 1.96. The SMILES string of the molecule is CC(C)N(CCN)CCCS(C)(=O)=O. The lowest BCUT2D eigenvalue weighted by molar-refractivity contribution is 0.229. The zero-order chi connectivity index (χ0) is 11.2. The first-order chi connectivity index (χ1) is 6.37. The number of hydrogen-bond acceptors (Lipinski definition) is 4. The number of nitrogens with two attached hydrogens (primary N) is 1. The zero-order valence-electron chi connectivity index (χ0n) is 9.36. The molecule has 0 unspecified atom stereocenters. The first-order valence-electron chi connectivity index (χ1n) is 4.98. The van der Waals surface area contributed by atoms with Crippen molar-refractivity contribution in [3.05, 3.63) is 0 Å². The molecule has 0 radical (unpaired) electrons. The maximum absolute atomic E-state index is 10.9. The molecule has 86 valence electrons. The molecule has 0 atom stereocenters. The van der Waals surface area contributed by atoms with Crippen LogP contribution < -0.4 is 5.73 Å². The fourth-order valence-corrected chi connectivity index (χ4v) is 1.98. The third-order valence-electron chi connectivity index (χ3n) is 2.11. The van der Waals surface area contributed by atoms with Crippen LogP contribution in [0.2, 0.25) is 0 Å². The largest absolute Gasteiger partial charge is 0.329 e. The molecular weight excluding hydrogens is 200 g/mol. The van der Waals surface area contributed by atoms with Crippen molar-refractivity contribution in [3.8, 4) is 0 Å². The molecule has 0 aliphatic rings. The van der Waals surface area contributed by atoms with Crippen molar-refractivity contribution in [2.75, 3.05) is 31.6 Å². The Balaban J connectivity index is 3.83. The Labute approximate surface area is 87.4 Å². The normalized spacial score (nSPS) is 12.7. The summed E-state index contributed by atoms with van der Waals surface area (Å²) < 4.78 is 21.8. The van der Waals surface area contributed by atoms with Crippen molar-refractivity contribution in [1.29, 1.82) is 0 Å². The van der Waals surface area contributed by atoms with Crippen LogP contribution >= 0.6 is 0 Å². The molecule has 2 N–H and O–H groups in total. The van der Waals surface area contributed by atoms with Crippen molar-refractivity contribution < 1.29 is 8.42 Å². The van der Waals surface area contributed by atoms with Gasteiger partial charge in [-0.05, 0) is 26.8 Å². The molecule has 0 rings (SSSR count). The van der Waals surface area contributed by atoms with Crippen LogP contribution in [0.5, 0.6) is 0 Å². The highest BCUT2D eigenvalue weighted by Gasteiger charge is 2.09. The van der Waals surface area contributed by atoms with Gasteiger partial charge in [0.15, 0.2) is 0 Å². The maximum Gasteiger partial charge on any atom is 0.147 e. The molecule has 0 aromatic rings. The van der Waals surface area contributed by atoms with E-state index in [1.54, 1.807) is 0 Å². The van der Waals surface area contributed by atoms with E-state index in [1.165, 1.54) is 6.26 Å². The summed E-state index contributed by atoms with van der Waals surface area (Å²) in [6.45, 7) is 6.45. The molecule has 0 spiro atoms. The van der Waals surface area contributed by atoms with Crippen molar-refractivity contribution in [1.82, 2.24) is 4.90 Å². The van der Waals surface area contributed by atoms with E-state index in [1.807, 2.05) is 0 Å². The van der Waals surface area contributed by atoms with Crippen molar-refractivity contribution in [2.24, 2.45) is 5.73 Å². The lowest BCUT2D eigenvalue weighted by atomic mass is 10.3. The van der Waals surface area contributed by atoms with Crippen molar-refractivity contribution in [3.63, 3.8) is 0 Å². The van der Waals surface area contributed by atoms with Crippen LogP contribution in [0.25, 0.3) is 0 Å². The first kappa shape index (κ1) is 13.9. The average Bonchev–Trinajstić information content (AvgIpc) is 2.00. The molecule has 4 nitrogen and oxygen atoms in total. The summed E-state index contributed by atoms with van der Waals surface area (Å²) in [6, 6.07) is 0.429. The van der Waals surface area contributed by atoms with E-state index in [-0.39, 0.29) is 5.75 Å². The highest BCUT2D eigenvalue weighted by atomic mass is 32.2. The number of sulfone groups is 1. The van der Waals surface area contributed by atoms with Gasteiger partial charge in [-0.2, -0.15) is 0 Å². The van der Waals surface area contributed by atoms with E-state index < -0.39 is 9.84 Å². The molecular formula is C9H22N2O2S. The second-order valence-corrected chi connectivity index (χ2v) is 6.16. The number of rotatable bonds is 7. The maximum atomic E-state index is 10.9. The second-order valence-electron chi connectivity index (χ2n) is 3.90. The topological polar surface area (TPSA) is 63.4 Å². The van der Waals surface area contributed by atoms with Crippen molar-refractivity contribution >= 4 is 9.84 Å². The van der Waals surface area contributed by atoms with Gasteiger partial charge in [-0.25, -0.2) is 8.42 Å². The van der Waals surface area contributed by atoms with Gasteiger partial charge in [-0.3, -0.25) is 4.90 Å². The Morgan fingerprint density at radius 2 is 1.86 bits per heavy atom. The van der Waals surface area contributed by atoms with Crippen molar-refractivity contribution in [2.45, 2.75) is 26.3 Å². The quantitative estimate of drug-likeness (QED) is 0.663. The third kappa shape index (κ3) is 7.29. The summed E-state index contributed by atoms with van der Waals surface area (Å²) in [5.41, 5.74) is 5.46. The fourth-order valence-electron chi connectivity index (χ4n) is 1.32. The molecule has 5 heteroatoms.